The number of carbonyl (C=O) groups excluding carboxylic acids is 1. The van der Waals surface area contributed by atoms with E-state index in [0.717, 1.165) is 37.4 Å². The molecule has 1 aromatic carbocycles. The zero-order valence-electron chi connectivity index (χ0n) is 14.2. The highest BCUT2D eigenvalue weighted by molar-refractivity contribution is 5.94. The lowest BCUT2D eigenvalue weighted by Crippen LogP contribution is -2.35. The Bertz CT molecular complexity index is 785. The van der Waals surface area contributed by atoms with Crippen LogP contribution in [0.4, 0.5) is 0 Å². The molecule has 1 aromatic heterocycles. The molecule has 1 fully saturated rings. The Morgan fingerprint density at radius 3 is 2.96 bits per heavy atom. The molecule has 1 unspecified atom stereocenters. The second kappa shape index (κ2) is 5.62. The number of nitrogens with zero attached hydrogens (tertiary/aromatic N) is 2. The smallest absolute Gasteiger partial charge is 0.255 e. The summed E-state index contributed by atoms with van der Waals surface area (Å²) in [6, 6.07) is 10.2. The molecule has 3 heterocycles. The van der Waals surface area contributed by atoms with E-state index in [9.17, 15) is 4.79 Å². The molecule has 1 saturated heterocycles. The quantitative estimate of drug-likeness (QED) is 0.853. The number of fused-ring (bicyclic) bond motifs is 2. The first-order chi connectivity index (χ1) is 11.6. The van der Waals surface area contributed by atoms with Gasteiger partial charge in [-0.25, -0.2) is 0 Å². The van der Waals surface area contributed by atoms with Gasteiger partial charge in [-0.1, -0.05) is 24.6 Å². The number of carbonyl (C=O) groups is 1. The van der Waals surface area contributed by atoms with E-state index < -0.39 is 0 Å². The summed E-state index contributed by atoms with van der Waals surface area (Å²) < 4.78 is 5.90. The maximum absolute atomic E-state index is 12.8. The first-order valence-corrected chi connectivity index (χ1v) is 8.59. The fourth-order valence-electron chi connectivity index (χ4n) is 3.80. The van der Waals surface area contributed by atoms with Crippen LogP contribution in [0.1, 0.15) is 40.5 Å². The van der Waals surface area contributed by atoms with Gasteiger partial charge in [0.1, 0.15) is 5.75 Å². The van der Waals surface area contributed by atoms with Crippen LogP contribution < -0.4 is 4.74 Å². The summed E-state index contributed by atoms with van der Waals surface area (Å²) in [5.74, 6) is 1.05. The topological polar surface area (TPSA) is 42.4 Å². The van der Waals surface area contributed by atoms with E-state index in [1.807, 2.05) is 17.0 Å². The molecule has 2 aliphatic heterocycles. The minimum absolute atomic E-state index is 0.0478. The van der Waals surface area contributed by atoms with Crippen molar-refractivity contribution in [2.45, 2.75) is 32.1 Å². The number of ether oxygens (including phenoxy) is 1. The van der Waals surface area contributed by atoms with Crippen molar-refractivity contribution < 1.29 is 9.53 Å². The van der Waals surface area contributed by atoms with Crippen molar-refractivity contribution >= 4 is 5.91 Å². The molecule has 4 rings (SSSR count). The molecule has 4 heteroatoms. The van der Waals surface area contributed by atoms with Gasteiger partial charge in [-0.3, -0.25) is 9.78 Å². The lowest BCUT2D eigenvalue weighted by atomic mass is 9.81. The minimum atomic E-state index is -0.0478. The Kier molecular flexibility index (Phi) is 3.56. The molecule has 1 spiro atoms. The molecule has 0 aliphatic carbocycles. The van der Waals surface area contributed by atoms with Crippen molar-refractivity contribution in [1.29, 1.82) is 0 Å². The Morgan fingerprint density at radius 1 is 1.33 bits per heavy atom. The first-order valence-electron chi connectivity index (χ1n) is 8.59. The fraction of sp³-hybridized carbons (Fsp3) is 0.400. The molecule has 1 amide bonds. The van der Waals surface area contributed by atoms with Gasteiger partial charge in [0.2, 0.25) is 0 Å². The van der Waals surface area contributed by atoms with Crippen LogP contribution in [0.15, 0.2) is 36.5 Å². The predicted molar refractivity (Wildman–Crippen MR) is 92.5 cm³/mol. The summed E-state index contributed by atoms with van der Waals surface area (Å²) >= 11 is 0. The van der Waals surface area contributed by atoms with Crippen molar-refractivity contribution in [1.82, 2.24) is 9.88 Å². The van der Waals surface area contributed by atoms with Gasteiger partial charge in [-0.2, -0.15) is 0 Å². The van der Waals surface area contributed by atoms with Gasteiger partial charge >= 0.3 is 0 Å². The lowest BCUT2D eigenvalue weighted by molar-refractivity contribution is 0.0780. The molecule has 1 atom stereocenters. The van der Waals surface area contributed by atoms with Crippen LogP contribution in [0, 0.1) is 6.92 Å². The van der Waals surface area contributed by atoms with Crippen LogP contribution >= 0.6 is 0 Å². The van der Waals surface area contributed by atoms with Gasteiger partial charge in [-0.05, 0) is 38.0 Å². The van der Waals surface area contributed by atoms with Crippen molar-refractivity contribution in [3.05, 3.63) is 58.9 Å². The molecular weight excluding hydrogens is 300 g/mol. The Balaban J connectivity index is 1.57. The van der Waals surface area contributed by atoms with Crippen molar-refractivity contribution in [2.75, 3.05) is 19.7 Å². The summed E-state index contributed by atoms with van der Waals surface area (Å²) in [5, 5.41) is 0. The summed E-state index contributed by atoms with van der Waals surface area (Å²) in [6.45, 7) is 6.32. The van der Waals surface area contributed by atoms with E-state index in [0.29, 0.717) is 12.2 Å². The highest BCUT2D eigenvalue weighted by Gasteiger charge is 2.47. The lowest BCUT2D eigenvalue weighted by Gasteiger charge is -2.23. The molecule has 0 saturated carbocycles. The average Bonchev–Trinajstić information content (AvgIpc) is 3.20. The number of likely N-dealkylation sites (tertiary alicyclic amines) is 1. The summed E-state index contributed by atoms with van der Waals surface area (Å²) in [6.07, 6.45) is 3.54. The van der Waals surface area contributed by atoms with Crippen LogP contribution in [0.3, 0.4) is 0 Å². The van der Waals surface area contributed by atoms with E-state index in [1.165, 1.54) is 11.1 Å². The molecule has 0 bridgehead atoms. The third-order valence-electron chi connectivity index (χ3n) is 5.29. The number of rotatable bonds is 2. The zero-order valence-corrected chi connectivity index (χ0v) is 14.2. The molecule has 0 radical (unpaired) electrons. The normalized spacial score (nSPS) is 21.8. The third-order valence-corrected chi connectivity index (χ3v) is 5.29. The van der Waals surface area contributed by atoms with Crippen LogP contribution in [-0.4, -0.2) is 35.5 Å². The number of hydrogen-bond donors (Lipinski definition) is 0. The van der Waals surface area contributed by atoms with Crippen molar-refractivity contribution in [2.24, 2.45) is 0 Å². The fourth-order valence-corrected chi connectivity index (χ4v) is 3.80. The van der Waals surface area contributed by atoms with Crippen LogP contribution in [-0.2, 0) is 11.8 Å². The number of benzene rings is 1. The molecule has 0 N–H and O–H groups in total. The van der Waals surface area contributed by atoms with Gasteiger partial charge in [0.25, 0.3) is 5.91 Å². The molecule has 2 aliphatic rings. The monoisotopic (exact) mass is 322 g/mol. The Hall–Kier alpha value is -2.36. The highest BCUT2D eigenvalue weighted by atomic mass is 16.5. The van der Waals surface area contributed by atoms with Gasteiger partial charge < -0.3 is 9.64 Å². The molecule has 124 valence electrons. The maximum Gasteiger partial charge on any atom is 0.255 e. The second-order valence-electron chi connectivity index (χ2n) is 6.94. The second-order valence-corrected chi connectivity index (χ2v) is 6.94. The van der Waals surface area contributed by atoms with Gasteiger partial charge in [0.15, 0.2) is 0 Å². The maximum atomic E-state index is 12.8. The van der Waals surface area contributed by atoms with E-state index in [4.69, 9.17) is 4.74 Å². The first kappa shape index (κ1) is 15.2. The van der Waals surface area contributed by atoms with Crippen molar-refractivity contribution in [3.63, 3.8) is 0 Å². The molecule has 2 aromatic rings. The number of pyridine rings is 1. The molecular formula is C20H22N2O2. The zero-order chi connectivity index (χ0) is 16.7. The summed E-state index contributed by atoms with van der Waals surface area (Å²) in [4.78, 5) is 19.1. The standard InChI is InChI=1S/C20H22N2O2/c1-3-16-6-5-15(11-21-16)19(23)22-9-8-20(12-22)13-24-18-7-4-14(2)10-17(18)20/h4-7,10-11H,3,8-9,12-13H2,1-2H3. The number of aromatic nitrogens is 1. The van der Waals surface area contributed by atoms with E-state index in [-0.39, 0.29) is 11.3 Å². The summed E-state index contributed by atoms with van der Waals surface area (Å²) in [5.41, 5.74) is 4.14. The van der Waals surface area contributed by atoms with E-state index >= 15 is 0 Å². The molecule has 24 heavy (non-hydrogen) atoms. The van der Waals surface area contributed by atoms with Crippen LogP contribution in [0.25, 0.3) is 0 Å². The van der Waals surface area contributed by atoms with Crippen molar-refractivity contribution in [3.8, 4) is 5.75 Å². The predicted octanol–water partition coefficient (Wildman–Crippen LogP) is 3.13. The number of hydrogen-bond acceptors (Lipinski definition) is 3. The Labute approximate surface area is 142 Å². The van der Waals surface area contributed by atoms with Gasteiger partial charge in [0.05, 0.1) is 17.6 Å². The highest BCUT2D eigenvalue weighted by Crippen LogP contribution is 2.45. The largest absolute Gasteiger partial charge is 0.492 e. The minimum Gasteiger partial charge on any atom is -0.492 e. The SMILES string of the molecule is CCc1ccc(C(=O)N2CCC3(COc4ccc(C)cc43)C2)cn1. The molecule has 4 nitrogen and oxygen atoms in total. The number of aryl methyl sites for hydroxylation is 2. The Morgan fingerprint density at radius 2 is 2.21 bits per heavy atom. The van der Waals surface area contributed by atoms with Gasteiger partial charge in [0, 0.05) is 30.5 Å². The van der Waals surface area contributed by atoms with Crippen LogP contribution in [0.2, 0.25) is 0 Å². The van der Waals surface area contributed by atoms with E-state index in [1.54, 1.807) is 6.20 Å². The van der Waals surface area contributed by atoms with E-state index in [2.05, 4.69) is 37.0 Å². The third kappa shape index (κ3) is 2.37. The summed E-state index contributed by atoms with van der Waals surface area (Å²) in [7, 11) is 0. The van der Waals surface area contributed by atoms with Crippen LogP contribution in [0.5, 0.6) is 5.75 Å². The average molecular weight is 322 g/mol. The number of amides is 1. The van der Waals surface area contributed by atoms with Gasteiger partial charge in [-0.15, -0.1) is 0 Å².